The maximum atomic E-state index is 8.91. The second kappa shape index (κ2) is 5.24. The van der Waals surface area contributed by atoms with Gasteiger partial charge in [-0.2, -0.15) is 5.26 Å². The Balaban J connectivity index is 2.38. The number of anilines is 2. The molecule has 0 saturated heterocycles. The van der Waals surface area contributed by atoms with Crippen molar-refractivity contribution in [1.29, 1.82) is 5.26 Å². The summed E-state index contributed by atoms with van der Waals surface area (Å²) >= 11 is 3.41. The van der Waals surface area contributed by atoms with Gasteiger partial charge in [-0.1, -0.05) is 12.1 Å². The van der Waals surface area contributed by atoms with E-state index in [4.69, 9.17) is 5.26 Å². The van der Waals surface area contributed by atoms with E-state index in [2.05, 4.69) is 52.0 Å². The van der Waals surface area contributed by atoms with Crippen molar-refractivity contribution >= 4 is 27.3 Å². The largest absolute Gasteiger partial charge is 0.345 e. The van der Waals surface area contributed by atoms with Gasteiger partial charge in [0.05, 0.1) is 5.56 Å². The van der Waals surface area contributed by atoms with E-state index in [1.807, 2.05) is 31.3 Å². The minimum atomic E-state index is 0.649. The number of aryl methyl sites for hydroxylation is 1. The van der Waals surface area contributed by atoms with Gasteiger partial charge in [0, 0.05) is 22.9 Å². The molecule has 0 N–H and O–H groups in total. The summed E-state index contributed by atoms with van der Waals surface area (Å²) in [5, 5.41) is 8.91. The van der Waals surface area contributed by atoms with Gasteiger partial charge in [-0.15, -0.1) is 0 Å². The summed E-state index contributed by atoms with van der Waals surface area (Å²) in [6.45, 7) is 2.08. The monoisotopic (exact) mass is 300 g/mol. The highest BCUT2D eigenvalue weighted by molar-refractivity contribution is 9.10. The molecule has 2 aromatic rings. The fraction of sp³-hybridized carbons (Fsp3) is 0.133. The number of nitrogens with zero attached hydrogens (tertiary/aromatic N) is 2. The normalized spacial score (nSPS) is 9.89. The van der Waals surface area contributed by atoms with E-state index in [9.17, 15) is 0 Å². The minimum absolute atomic E-state index is 0.649. The summed E-state index contributed by atoms with van der Waals surface area (Å²) < 4.78 is 0.821. The van der Waals surface area contributed by atoms with Crippen LogP contribution in [0.2, 0.25) is 0 Å². The first-order chi connectivity index (χ1) is 8.61. The van der Waals surface area contributed by atoms with Crippen molar-refractivity contribution in [2.24, 2.45) is 0 Å². The van der Waals surface area contributed by atoms with E-state index in [0.29, 0.717) is 5.56 Å². The number of hydrogen-bond donors (Lipinski definition) is 0. The lowest BCUT2D eigenvalue weighted by molar-refractivity contribution is 1.20. The van der Waals surface area contributed by atoms with Crippen LogP contribution in [0.15, 0.2) is 46.9 Å². The lowest BCUT2D eigenvalue weighted by atomic mass is 10.1. The van der Waals surface area contributed by atoms with Gasteiger partial charge in [-0.05, 0) is 58.7 Å². The zero-order valence-electron chi connectivity index (χ0n) is 10.3. The lowest BCUT2D eigenvalue weighted by Gasteiger charge is -2.20. The molecule has 0 heterocycles. The molecule has 18 heavy (non-hydrogen) atoms. The number of benzene rings is 2. The first kappa shape index (κ1) is 12.7. The van der Waals surface area contributed by atoms with E-state index in [1.165, 1.54) is 5.56 Å². The molecule has 2 nitrogen and oxygen atoms in total. The standard InChI is InChI=1S/C15H13BrN2/c1-11-4-3-5-13(8-11)18(2)14-7-6-12(10-17)15(16)9-14/h3-9H,1-2H3. The van der Waals surface area contributed by atoms with Gasteiger partial charge in [0.2, 0.25) is 0 Å². The van der Waals surface area contributed by atoms with Crippen molar-refractivity contribution in [1.82, 2.24) is 0 Å². The Bertz CT molecular complexity index is 614. The van der Waals surface area contributed by atoms with Crippen molar-refractivity contribution in [2.45, 2.75) is 6.92 Å². The predicted molar refractivity (Wildman–Crippen MR) is 78.1 cm³/mol. The van der Waals surface area contributed by atoms with Crippen LogP contribution in [0.3, 0.4) is 0 Å². The van der Waals surface area contributed by atoms with E-state index in [1.54, 1.807) is 0 Å². The maximum Gasteiger partial charge on any atom is 0.100 e. The molecule has 0 saturated carbocycles. The molecule has 2 rings (SSSR count). The first-order valence-electron chi connectivity index (χ1n) is 5.62. The highest BCUT2D eigenvalue weighted by atomic mass is 79.9. The molecule has 0 aromatic heterocycles. The van der Waals surface area contributed by atoms with Crippen LogP contribution >= 0.6 is 15.9 Å². The van der Waals surface area contributed by atoms with Crippen LogP contribution in [0.5, 0.6) is 0 Å². The smallest absolute Gasteiger partial charge is 0.100 e. The highest BCUT2D eigenvalue weighted by Gasteiger charge is 2.06. The first-order valence-corrected chi connectivity index (χ1v) is 6.41. The fourth-order valence-corrected chi connectivity index (χ4v) is 2.24. The molecule has 0 aliphatic carbocycles. The molecule has 0 bridgehead atoms. The lowest BCUT2D eigenvalue weighted by Crippen LogP contribution is -2.09. The van der Waals surface area contributed by atoms with Crippen LogP contribution < -0.4 is 4.90 Å². The average molecular weight is 301 g/mol. The Labute approximate surface area is 116 Å². The molecular formula is C15H13BrN2. The molecular weight excluding hydrogens is 288 g/mol. The number of nitriles is 1. The van der Waals surface area contributed by atoms with Crippen molar-refractivity contribution in [3.05, 3.63) is 58.1 Å². The second-order valence-electron chi connectivity index (χ2n) is 4.17. The Morgan fingerprint density at radius 2 is 1.83 bits per heavy atom. The summed E-state index contributed by atoms with van der Waals surface area (Å²) in [7, 11) is 2.02. The molecule has 0 radical (unpaired) electrons. The molecule has 0 amide bonds. The van der Waals surface area contributed by atoms with Crippen LogP contribution in [0.25, 0.3) is 0 Å². The van der Waals surface area contributed by atoms with Gasteiger partial charge in [-0.3, -0.25) is 0 Å². The van der Waals surface area contributed by atoms with E-state index in [0.717, 1.165) is 15.8 Å². The van der Waals surface area contributed by atoms with Crippen molar-refractivity contribution in [2.75, 3.05) is 11.9 Å². The molecule has 2 aromatic carbocycles. The fourth-order valence-electron chi connectivity index (χ4n) is 1.79. The molecule has 0 aliphatic rings. The zero-order valence-corrected chi connectivity index (χ0v) is 11.9. The van der Waals surface area contributed by atoms with Crippen molar-refractivity contribution in [3.63, 3.8) is 0 Å². The third kappa shape index (κ3) is 2.55. The van der Waals surface area contributed by atoms with Gasteiger partial charge in [-0.25, -0.2) is 0 Å². The van der Waals surface area contributed by atoms with Crippen LogP contribution in [0.4, 0.5) is 11.4 Å². The third-order valence-corrected chi connectivity index (χ3v) is 3.51. The second-order valence-corrected chi connectivity index (χ2v) is 5.03. The molecule has 0 unspecified atom stereocenters. The molecule has 0 spiro atoms. The molecule has 0 atom stereocenters. The number of rotatable bonds is 2. The molecule has 3 heteroatoms. The van der Waals surface area contributed by atoms with E-state index in [-0.39, 0.29) is 0 Å². The van der Waals surface area contributed by atoms with Gasteiger partial charge >= 0.3 is 0 Å². The van der Waals surface area contributed by atoms with Crippen molar-refractivity contribution < 1.29 is 0 Å². The van der Waals surface area contributed by atoms with Crippen LogP contribution in [0, 0.1) is 18.3 Å². The zero-order chi connectivity index (χ0) is 13.1. The van der Waals surface area contributed by atoms with Gasteiger partial charge in [0.15, 0.2) is 0 Å². The average Bonchev–Trinajstić information content (AvgIpc) is 2.37. The summed E-state index contributed by atoms with van der Waals surface area (Å²) in [5.41, 5.74) is 4.06. The van der Waals surface area contributed by atoms with Gasteiger partial charge in [0.1, 0.15) is 6.07 Å². The predicted octanol–water partition coefficient (Wildman–Crippen LogP) is 4.40. The summed E-state index contributed by atoms with van der Waals surface area (Å²) in [5.74, 6) is 0. The van der Waals surface area contributed by atoms with E-state index < -0.39 is 0 Å². The Morgan fingerprint density at radius 1 is 1.11 bits per heavy atom. The third-order valence-electron chi connectivity index (χ3n) is 2.85. The summed E-state index contributed by atoms with van der Waals surface area (Å²) in [4.78, 5) is 2.10. The van der Waals surface area contributed by atoms with Crippen LogP contribution in [-0.2, 0) is 0 Å². The maximum absolute atomic E-state index is 8.91. The highest BCUT2D eigenvalue weighted by Crippen LogP contribution is 2.28. The Morgan fingerprint density at radius 3 is 2.44 bits per heavy atom. The van der Waals surface area contributed by atoms with Crippen molar-refractivity contribution in [3.8, 4) is 6.07 Å². The van der Waals surface area contributed by atoms with Crippen LogP contribution in [-0.4, -0.2) is 7.05 Å². The number of hydrogen-bond acceptors (Lipinski definition) is 2. The van der Waals surface area contributed by atoms with E-state index >= 15 is 0 Å². The molecule has 0 aliphatic heterocycles. The molecule has 0 fully saturated rings. The summed E-state index contributed by atoms with van der Waals surface area (Å²) in [6, 6.07) is 16.2. The molecule has 90 valence electrons. The SMILES string of the molecule is Cc1cccc(N(C)c2ccc(C#N)c(Br)c2)c1. The van der Waals surface area contributed by atoms with Gasteiger partial charge in [0.25, 0.3) is 0 Å². The Kier molecular flexibility index (Phi) is 3.69. The van der Waals surface area contributed by atoms with Crippen LogP contribution in [0.1, 0.15) is 11.1 Å². The number of halogens is 1. The Hall–Kier alpha value is -1.79. The minimum Gasteiger partial charge on any atom is -0.345 e. The van der Waals surface area contributed by atoms with Gasteiger partial charge < -0.3 is 4.90 Å². The summed E-state index contributed by atoms with van der Waals surface area (Å²) in [6.07, 6.45) is 0. The topological polar surface area (TPSA) is 27.0 Å². The quantitative estimate of drug-likeness (QED) is 0.822.